The van der Waals surface area contributed by atoms with Crippen molar-refractivity contribution >= 4 is 31.7 Å². The highest BCUT2D eigenvalue weighted by Crippen LogP contribution is 2.13. The van der Waals surface area contributed by atoms with Crippen LogP contribution in [0.25, 0.3) is 0 Å². The van der Waals surface area contributed by atoms with Gasteiger partial charge in [-0.25, -0.2) is 8.42 Å². The Labute approximate surface area is 154 Å². The SMILES string of the molecule is CCn1cc(C(=O)NCc2ccc(S(C)(=O)=O)cc2)c(=O)c(Br)c1C. The molecule has 2 rings (SSSR count). The molecule has 0 aliphatic heterocycles. The molecule has 0 atom stereocenters. The molecular formula is C17H19BrN2O4S. The lowest BCUT2D eigenvalue weighted by molar-refractivity contribution is 0.0949. The molecule has 1 amide bonds. The maximum atomic E-state index is 12.4. The molecular weight excluding hydrogens is 408 g/mol. The van der Waals surface area contributed by atoms with Crippen LogP contribution in [0.2, 0.25) is 0 Å². The fourth-order valence-electron chi connectivity index (χ4n) is 2.34. The number of benzene rings is 1. The highest BCUT2D eigenvalue weighted by atomic mass is 79.9. The average molecular weight is 427 g/mol. The number of nitrogens with zero attached hydrogens (tertiary/aromatic N) is 1. The number of rotatable bonds is 5. The molecule has 0 saturated heterocycles. The standard InChI is InChI=1S/C17H19BrN2O4S/c1-4-20-10-14(16(21)15(18)11(20)2)17(22)19-9-12-5-7-13(8-6-12)25(3,23)24/h5-8,10H,4,9H2,1-3H3,(H,19,22). The van der Waals surface area contributed by atoms with Gasteiger partial charge in [0.25, 0.3) is 5.91 Å². The minimum atomic E-state index is -3.25. The van der Waals surface area contributed by atoms with E-state index in [9.17, 15) is 18.0 Å². The van der Waals surface area contributed by atoms with Crippen LogP contribution in [0.3, 0.4) is 0 Å². The molecule has 1 aromatic heterocycles. The zero-order chi connectivity index (χ0) is 18.8. The number of halogens is 1. The third kappa shape index (κ3) is 4.38. The largest absolute Gasteiger partial charge is 0.350 e. The molecule has 0 fully saturated rings. The summed E-state index contributed by atoms with van der Waals surface area (Å²) < 4.78 is 25.1. The maximum absolute atomic E-state index is 12.4. The molecule has 0 unspecified atom stereocenters. The zero-order valence-electron chi connectivity index (χ0n) is 14.2. The van der Waals surface area contributed by atoms with E-state index in [1.54, 1.807) is 25.3 Å². The van der Waals surface area contributed by atoms with Crippen LogP contribution >= 0.6 is 15.9 Å². The van der Waals surface area contributed by atoms with Crippen LogP contribution in [0.15, 0.2) is 44.6 Å². The molecule has 1 aromatic carbocycles. The number of aromatic nitrogens is 1. The molecule has 8 heteroatoms. The summed E-state index contributed by atoms with van der Waals surface area (Å²) in [6.45, 7) is 4.56. The van der Waals surface area contributed by atoms with E-state index >= 15 is 0 Å². The molecule has 6 nitrogen and oxygen atoms in total. The second-order valence-electron chi connectivity index (χ2n) is 5.66. The maximum Gasteiger partial charge on any atom is 0.257 e. The molecule has 0 saturated carbocycles. The highest BCUT2D eigenvalue weighted by Gasteiger charge is 2.16. The fourth-order valence-corrected chi connectivity index (χ4v) is 3.41. The van der Waals surface area contributed by atoms with Crippen molar-refractivity contribution in [2.75, 3.05) is 6.26 Å². The minimum absolute atomic E-state index is 0.0621. The van der Waals surface area contributed by atoms with E-state index in [0.29, 0.717) is 11.0 Å². The number of hydrogen-bond donors (Lipinski definition) is 1. The minimum Gasteiger partial charge on any atom is -0.350 e. The Balaban J connectivity index is 2.18. The Hall–Kier alpha value is -1.93. The lowest BCUT2D eigenvalue weighted by Crippen LogP contribution is -2.30. The molecule has 0 bridgehead atoms. The van der Waals surface area contributed by atoms with Crippen LogP contribution in [0.4, 0.5) is 0 Å². The van der Waals surface area contributed by atoms with Crippen LogP contribution < -0.4 is 10.7 Å². The third-order valence-electron chi connectivity index (χ3n) is 3.87. The van der Waals surface area contributed by atoms with Gasteiger partial charge >= 0.3 is 0 Å². The summed E-state index contributed by atoms with van der Waals surface area (Å²) in [5.74, 6) is -0.472. The lowest BCUT2D eigenvalue weighted by Gasteiger charge is -2.12. The van der Waals surface area contributed by atoms with Gasteiger partial charge in [-0.05, 0) is 47.5 Å². The molecule has 25 heavy (non-hydrogen) atoms. The van der Waals surface area contributed by atoms with Gasteiger partial charge in [-0.1, -0.05) is 12.1 Å². The van der Waals surface area contributed by atoms with Gasteiger partial charge in [0.2, 0.25) is 5.43 Å². The number of sulfone groups is 1. The second-order valence-corrected chi connectivity index (χ2v) is 8.46. The van der Waals surface area contributed by atoms with E-state index < -0.39 is 15.7 Å². The number of amides is 1. The predicted molar refractivity (Wildman–Crippen MR) is 99.5 cm³/mol. The quantitative estimate of drug-likeness (QED) is 0.794. The normalized spacial score (nSPS) is 11.4. The smallest absolute Gasteiger partial charge is 0.257 e. The summed E-state index contributed by atoms with van der Waals surface area (Å²) in [4.78, 5) is 24.9. The molecule has 2 aromatic rings. The third-order valence-corrected chi connectivity index (χ3v) is 5.93. The monoisotopic (exact) mass is 426 g/mol. The van der Waals surface area contributed by atoms with Gasteiger partial charge in [0.1, 0.15) is 5.56 Å². The number of carbonyl (C=O) groups excluding carboxylic acids is 1. The summed E-state index contributed by atoms with van der Waals surface area (Å²) in [5.41, 5.74) is 1.21. The van der Waals surface area contributed by atoms with Crippen LogP contribution in [-0.2, 0) is 22.9 Å². The number of pyridine rings is 1. The molecule has 0 radical (unpaired) electrons. The molecule has 0 aliphatic carbocycles. The summed E-state index contributed by atoms with van der Waals surface area (Å²) in [5, 5.41) is 2.69. The predicted octanol–water partition coefficient (Wildman–Crippen LogP) is 2.27. The topological polar surface area (TPSA) is 85.2 Å². The van der Waals surface area contributed by atoms with E-state index in [1.807, 2.05) is 11.5 Å². The molecule has 1 heterocycles. The summed E-state index contributed by atoms with van der Waals surface area (Å²) in [6, 6.07) is 6.24. The molecule has 1 N–H and O–H groups in total. The zero-order valence-corrected chi connectivity index (χ0v) is 16.6. The van der Waals surface area contributed by atoms with Crippen molar-refractivity contribution in [1.82, 2.24) is 9.88 Å². The van der Waals surface area contributed by atoms with Crippen LogP contribution in [0, 0.1) is 6.92 Å². The lowest BCUT2D eigenvalue weighted by atomic mass is 10.2. The van der Waals surface area contributed by atoms with Crippen LogP contribution in [0.1, 0.15) is 28.5 Å². The highest BCUT2D eigenvalue weighted by molar-refractivity contribution is 9.10. The van der Waals surface area contributed by atoms with Crippen molar-refractivity contribution in [3.8, 4) is 0 Å². The first-order valence-corrected chi connectivity index (χ1v) is 10.3. The van der Waals surface area contributed by atoms with Gasteiger partial charge in [-0.3, -0.25) is 9.59 Å². The van der Waals surface area contributed by atoms with Crippen molar-refractivity contribution < 1.29 is 13.2 Å². The van der Waals surface area contributed by atoms with Crippen molar-refractivity contribution in [2.45, 2.75) is 31.8 Å². The van der Waals surface area contributed by atoms with Crippen molar-refractivity contribution in [1.29, 1.82) is 0 Å². The van der Waals surface area contributed by atoms with Crippen molar-refractivity contribution in [3.63, 3.8) is 0 Å². The first-order chi connectivity index (χ1) is 11.6. The van der Waals surface area contributed by atoms with E-state index in [0.717, 1.165) is 17.5 Å². The second kappa shape index (κ2) is 7.53. The van der Waals surface area contributed by atoms with Crippen LogP contribution in [0.5, 0.6) is 0 Å². The van der Waals surface area contributed by atoms with Gasteiger partial charge in [-0.2, -0.15) is 0 Å². The van der Waals surface area contributed by atoms with Gasteiger partial charge < -0.3 is 9.88 Å². The fraction of sp³-hybridized carbons (Fsp3) is 0.294. The van der Waals surface area contributed by atoms with Gasteiger partial charge in [0.15, 0.2) is 9.84 Å². The Morgan fingerprint density at radius 1 is 1.24 bits per heavy atom. The van der Waals surface area contributed by atoms with Crippen molar-refractivity contribution in [2.24, 2.45) is 0 Å². The molecule has 0 aliphatic rings. The van der Waals surface area contributed by atoms with E-state index in [1.165, 1.54) is 12.1 Å². The Morgan fingerprint density at radius 3 is 2.36 bits per heavy atom. The van der Waals surface area contributed by atoms with Gasteiger partial charge in [-0.15, -0.1) is 0 Å². The van der Waals surface area contributed by atoms with E-state index in [4.69, 9.17) is 0 Å². The Bertz CT molecular complexity index is 963. The van der Waals surface area contributed by atoms with E-state index in [-0.39, 0.29) is 22.4 Å². The molecule has 0 spiro atoms. The average Bonchev–Trinajstić information content (AvgIpc) is 2.57. The van der Waals surface area contributed by atoms with E-state index in [2.05, 4.69) is 21.2 Å². The first-order valence-electron chi connectivity index (χ1n) is 7.62. The number of carbonyl (C=O) groups is 1. The summed E-state index contributed by atoms with van der Waals surface area (Å²) in [6.07, 6.45) is 2.68. The van der Waals surface area contributed by atoms with Crippen molar-refractivity contribution in [3.05, 3.63) is 62.0 Å². The summed E-state index contributed by atoms with van der Waals surface area (Å²) >= 11 is 3.24. The van der Waals surface area contributed by atoms with Gasteiger partial charge in [0, 0.05) is 31.2 Å². The van der Waals surface area contributed by atoms with Crippen LogP contribution in [-0.4, -0.2) is 25.1 Å². The molecule has 134 valence electrons. The first kappa shape index (κ1) is 19.4. The number of hydrogen-bond acceptors (Lipinski definition) is 4. The summed E-state index contributed by atoms with van der Waals surface area (Å²) in [7, 11) is -3.25. The number of nitrogens with one attached hydrogen (secondary N) is 1. The Morgan fingerprint density at radius 2 is 1.84 bits per heavy atom. The van der Waals surface area contributed by atoms with Gasteiger partial charge in [0.05, 0.1) is 9.37 Å². The Kier molecular flexibility index (Phi) is 5.84. The number of aryl methyl sites for hydroxylation is 1.